The molecule has 1 fully saturated rings. The molecule has 2 aromatic carbocycles. The predicted octanol–water partition coefficient (Wildman–Crippen LogP) is 3.85. The third-order valence-electron chi connectivity index (χ3n) is 4.58. The number of carbonyl (C=O) groups excluding carboxylic acids is 2. The number of amides is 2. The van der Waals surface area contributed by atoms with Crippen LogP contribution in [0.1, 0.15) is 35.7 Å². The first-order valence-electron chi connectivity index (χ1n) is 9.04. The van der Waals surface area contributed by atoms with Gasteiger partial charge in [0.2, 0.25) is 5.91 Å². The van der Waals surface area contributed by atoms with Gasteiger partial charge in [0.25, 0.3) is 5.91 Å². The molecule has 0 spiro atoms. The van der Waals surface area contributed by atoms with E-state index in [9.17, 15) is 14.0 Å². The molecule has 3 rings (SSSR count). The second kappa shape index (κ2) is 8.20. The highest BCUT2D eigenvalue weighted by atomic mass is 19.1. The molecule has 0 unspecified atom stereocenters. The lowest BCUT2D eigenvalue weighted by atomic mass is 10.1. The van der Waals surface area contributed by atoms with Gasteiger partial charge in [-0.2, -0.15) is 0 Å². The van der Waals surface area contributed by atoms with Crippen LogP contribution in [0.4, 0.5) is 10.1 Å². The Labute approximate surface area is 158 Å². The molecule has 0 aliphatic heterocycles. The second-order valence-electron chi connectivity index (χ2n) is 6.63. The van der Waals surface area contributed by atoms with Crippen molar-refractivity contribution in [3.63, 3.8) is 0 Å². The summed E-state index contributed by atoms with van der Waals surface area (Å²) < 4.78 is 18.8. The lowest BCUT2D eigenvalue weighted by Crippen LogP contribution is -2.30. The van der Waals surface area contributed by atoms with Crippen LogP contribution in [0.15, 0.2) is 42.5 Å². The molecule has 1 aliphatic carbocycles. The molecule has 1 aliphatic rings. The molecule has 0 radical (unpaired) electrons. The fraction of sp³-hybridized carbons (Fsp3) is 0.333. The van der Waals surface area contributed by atoms with Gasteiger partial charge in [-0.15, -0.1) is 0 Å². The predicted molar refractivity (Wildman–Crippen MR) is 101 cm³/mol. The second-order valence-corrected chi connectivity index (χ2v) is 6.63. The molecule has 5 nitrogen and oxygen atoms in total. The van der Waals surface area contributed by atoms with Crippen LogP contribution in [0.5, 0.6) is 5.75 Å². The molecule has 6 heteroatoms. The molecule has 0 saturated heterocycles. The molecule has 0 bridgehead atoms. The first kappa shape index (κ1) is 18.9. The van der Waals surface area contributed by atoms with Gasteiger partial charge in [-0.25, -0.2) is 4.39 Å². The van der Waals surface area contributed by atoms with E-state index in [1.807, 2.05) is 6.92 Å². The number of nitrogens with one attached hydrogen (secondary N) is 1. The van der Waals surface area contributed by atoms with Crippen molar-refractivity contribution in [2.45, 2.75) is 26.3 Å². The van der Waals surface area contributed by atoms with Crippen molar-refractivity contribution in [2.24, 2.45) is 5.92 Å². The zero-order chi connectivity index (χ0) is 19.4. The third-order valence-corrected chi connectivity index (χ3v) is 4.58. The fourth-order valence-electron chi connectivity index (χ4n) is 2.86. The molecule has 1 saturated carbocycles. The zero-order valence-electron chi connectivity index (χ0n) is 15.5. The molecule has 27 heavy (non-hydrogen) atoms. The number of rotatable bonds is 7. The normalized spacial score (nSPS) is 13.1. The van der Waals surface area contributed by atoms with E-state index < -0.39 is 5.82 Å². The number of ether oxygens (including phenoxy) is 1. The van der Waals surface area contributed by atoms with Crippen molar-refractivity contribution < 1.29 is 18.7 Å². The van der Waals surface area contributed by atoms with E-state index in [0.29, 0.717) is 23.4 Å². The lowest BCUT2D eigenvalue weighted by molar-refractivity contribution is -0.117. The van der Waals surface area contributed by atoms with Gasteiger partial charge in [-0.05, 0) is 55.7 Å². The Morgan fingerprint density at radius 1 is 1.22 bits per heavy atom. The molecular formula is C21H23FN2O3. The van der Waals surface area contributed by atoms with Crippen molar-refractivity contribution in [1.82, 2.24) is 4.90 Å². The minimum atomic E-state index is -0.455. The molecule has 0 heterocycles. The smallest absolute Gasteiger partial charge is 0.254 e. The summed E-state index contributed by atoms with van der Waals surface area (Å²) >= 11 is 0. The largest absolute Gasteiger partial charge is 0.494 e. The summed E-state index contributed by atoms with van der Waals surface area (Å²) in [6.07, 6.45) is 1.85. The fourth-order valence-corrected chi connectivity index (χ4v) is 2.86. The number of halogens is 1. The maximum atomic E-state index is 13.9. The van der Waals surface area contributed by atoms with E-state index in [4.69, 9.17) is 4.74 Å². The summed E-state index contributed by atoms with van der Waals surface area (Å²) in [5, 5.41) is 2.85. The van der Waals surface area contributed by atoms with E-state index in [-0.39, 0.29) is 30.0 Å². The standard InChI is InChI=1S/C21H23FN2O3/c1-3-24(13-14-7-10-19(27-2)18(22)11-14)21(26)16-5-4-6-17(12-16)23-20(25)15-8-9-15/h4-7,10-12,15H,3,8-9,13H2,1-2H3,(H,23,25). The van der Waals surface area contributed by atoms with Gasteiger partial charge in [0, 0.05) is 30.3 Å². The first-order valence-corrected chi connectivity index (χ1v) is 9.04. The maximum absolute atomic E-state index is 13.9. The number of hydrogen-bond acceptors (Lipinski definition) is 3. The van der Waals surface area contributed by atoms with Crippen LogP contribution in [0.25, 0.3) is 0 Å². The number of benzene rings is 2. The summed E-state index contributed by atoms with van der Waals surface area (Å²) in [5.41, 5.74) is 1.78. The molecule has 1 N–H and O–H groups in total. The van der Waals surface area contributed by atoms with Crippen molar-refractivity contribution in [1.29, 1.82) is 0 Å². The van der Waals surface area contributed by atoms with Crippen molar-refractivity contribution >= 4 is 17.5 Å². The summed E-state index contributed by atoms with van der Waals surface area (Å²) in [6, 6.07) is 11.6. The minimum absolute atomic E-state index is 0.000606. The van der Waals surface area contributed by atoms with E-state index in [1.54, 1.807) is 41.3 Å². The summed E-state index contributed by atoms with van der Waals surface area (Å²) in [7, 11) is 1.41. The number of nitrogens with zero attached hydrogens (tertiary/aromatic N) is 1. The van der Waals surface area contributed by atoms with Gasteiger partial charge in [0.1, 0.15) is 0 Å². The van der Waals surface area contributed by atoms with Crippen LogP contribution in [0.2, 0.25) is 0 Å². The van der Waals surface area contributed by atoms with Crippen LogP contribution in [0, 0.1) is 11.7 Å². The van der Waals surface area contributed by atoms with Crippen LogP contribution >= 0.6 is 0 Å². The number of methoxy groups -OCH3 is 1. The van der Waals surface area contributed by atoms with Crippen LogP contribution < -0.4 is 10.1 Å². The molecule has 0 atom stereocenters. The van der Waals surface area contributed by atoms with E-state index >= 15 is 0 Å². The number of anilines is 1. The highest BCUT2D eigenvalue weighted by Crippen LogP contribution is 2.30. The number of carbonyl (C=O) groups is 2. The Balaban J connectivity index is 1.72. The lowest BCUT2D eigenvalue weighted by Gasteiger charge is -2.21. The first-order chi connectivity index (χ1) is 13.0. The van der Waals surface area contributed by atoms with Gasteiger partial charge in [-0.1, -0.05) is 12.1 Å². The van der Waals surface area contributed by atoms with Crippen molar-refractivity contribution in [2.75, 3.05) is 19.0 Å². The number of hydrogen-bond donors (Lipinski definition) is 1. The Hall–Kier alpha value is -2.89. The van der Waals surface area contributed by atoms with Crippen LogP contribution in [-0.2, 0) is 11.3 Å². The van der Waals surface area contributed by atoms with E-state index in [2.05, 4.69) is 5.32 Å². The Morgan fingerprint density at radius 3 is 2.63 bits per heavy atom. The molecule has 2 aromatic rings. The van der Waals surface area contributed by atoms with Crippen molar-refractivity contribution in [3.8, 4) is 5.75 Å². The average molecular weight is 370 g/mol. The molecule has 2 amide bonds. The molecular weight excluding hydrogens is 347 g/mol. The highest BCUT2D eigenvalue weighted by molar-refractivity contribution is 5.98. The third kappa shape index (κ3) is 4.64. The van der Waals surface area contributed by atoms with E-state index in [1.165, 1.54) is 13.2 Å². The SMILES string of the molecule is CCN(Cc1ccc(OC)c(F)c1)C(=O)c1cccc(NC(=O)C2CC2)c1. The summed E-state index contributed by atoms with van der Waals surface area (Å²) in [5.74, 6) is -0.353. The van der Waals surface area contributed by atoms with E-state index in [0.717, 1.165) is 12.8 Å². The molecule has 142 valence electrons. The van der Waals surface area contributed by atoms with Gasteiger partial charge >= 0.3 is 0 Å². The topological polar surface area (TPSA) is 58.6 Å². The summed E-state index contributed by atoms with van der Waals surface area (Å²) in [6.45, 7) is 2.64. The maximum Gasteiger partial charge on any atom is 0.254 e. The quantitative estimate of drug-likeness (QED) is 0.805. The van der Waals surface area contributed by atoms with Crippen molar-refractivity contribution in [3.05, 3.63) is 59.4 Å². The van der Waals surface area contributed by atoms with Gasteiger partial charge in [0.05, 0.1) is 7.11 Å². The van der Waals surface area contributed by atoms with Gasteiger partial charge < -0.3 is 15.0 Å². The monoisotopic (exact) mass is 370 g/mol. The van der Waals surface area contributed by atoms with Crippen LogP contribution in [-0.4, -0.2) is 30.4 Å². The Morgan fingerprint density at radius 2 is 2.00 bits per heavy atom. The Bertz CT molecular complexity index is 849. The average Bonchev–Trinajstić information content (AvgIpc) is 3.51. The zero-order valence-corrected chi connectivity index (χ0v) is 15.5. The highest BCUT2D eigenvalue weighted by Gasteiger charge is 2.29. The van der Waals surface area contributed by atoms with Crippen LogP contribution in [0.3, 0.4) is 0 Å². The molecule has 0 aromatic heterocycles. The van der Waals surface area contributed by atoms with Gasteiger partial charge in [-0.3, -0.25) is 9.59 Å². The summed E-state index contributed by atoms with van der Waals surface area (Å²) in [4.78, 5) is 26.4. The minimum Gasteiger partial charge on any atom is -0.494 e. The van der Waals surface area contributed by atoms with Gasteiger partial charge in [0.15, 0.2) is 11.6 Å². The Kier molecular flexibility index (Phi) is 5.74.